The molecule has 0 aromatic carbocycles. The van der Waals surface area contributed by atoms with Crippen molar-refractivity contribution in [2.24, 2.45) is 11.5 Å². The van der Waals surface area contributed by atoms with E-state index in [0.29, 0.717) is 25.4 Å². The molecule has 8 N–H and O–H groups in total. The Kier molecular flexibility index (Phi) is 9.04. The maximum atomic E-state index is 10.2. The molecule has 124 valence electrons. The lowest BCUT2D eigenvalue weighted by atomic mass is 10.3. The summed E-state index contributed by atoms with van der Waals surface area (Å²) in [5.41, 5.74) is 14.5. The highest BCUT2D eigenvalue weighted by Gasteiger charge is 2.20. The van der Waals surface area contributed by atoms with Gasteiger partial charge in [-0.1, -0.05) is 0 Å². The molecule has 12 heteroatoms. The molecule has 0 aliphatic carbocycles. The van der Waals surface area contributed by atoms with Crippen molar-refractivity contribution in [2.75, 3.05) is 13.2 Å². The molecule has 0 aromatic rings. The first-order valence-electron chi connectivity index (χ1n) is 5.72. The zero-order valence-electron chi connectivity index (χ0n) is 11.2. The Balaban J connectivity index is 0.000000301. The molecule has 22 heavy (non-hydrogen) atoms. The van der Waals surface area contributed by atoms with E-state index in [9.17, 15) is 19.2 Å². The number of carbonyl (C=O) groups is 4. The first-order chi connectivity index (χ1) is 10.2. The molecule has 0 bridgehead atoms. The molecular weight excluding hydrogens is 304 g/mol. The Hall–Kier alpha value is -2.54. The molecule has 2 saturated heterocycles. The summed E-state index contributed by atoms with van der Waals surface area (Å²) < 4.78 is 0. The molecule has 2 aliphatic heterocycles. The van der Waals surface area contributed by atoms with Crippen LogP contribution in [0, 0.1) is 0 Å². The largest absolute Gasteiger partial charge is 0.478 e. The number of carbonyl (C=O) groups excluding carboxylic acids is 2. The van der Waals surface area contributed by atoms with Crippen LogP contribution in [0.3, 0.4) is 0 Å². The van der Waals surface area contributed by atoms with E-state index < -0.39 is 24.0 Å². The fraction of sp³-hybridized carbons (Fsp3) is 0.400. The molecule has 12 nitrogen and oxygen atoms in total. The fourth-order valence-corrected chi connectivity index (χ4v) is 0.850. The van der Waals surface area contributed by atoms with E-state index in [2.05, 4.69) is 20.6 Å². The van der Waals surface area contributed by atoms with E-state index in [-0.39, 0.29) is 11.8 Å². The van der Waals surface area contributed by atoms with Crippen LogP contribution in [0.2, 0.25) is 0 Å². The number of aliphatic carboxylic acids is 2. The molecule has 0 aromatic heterocycles. The van der Waals surface area contributed by atoms with Gasteiger partial charge in [-0.05, 0) is 0 Å². The predicted octanol–water partition coefficient (Wildman–Crippen LogP) is -3.54. The topological polar surface area (TPSA) is 203 Å². The Morgan fingerprint density at radius 1 is 0.955 bits per heavy atom. The Morgan fingerprint density at radius 3 is 1.36 bits per heavy atom. The van der Waals surface area contributed by atoms with Crippen LogP contribution in [0.5, 0.6) is 0 Å². The van der Waals surface area contributed by atoms with Crippen molar-refractivity contribution in [1.29, 1.82) is 0 Å². The number of nitrogens with two attached hydrogens (primary N) is 2. The molecule has 2 heterocycles. The van der Waals surface area contributed by atoms with Gasteiger partial charge in [-0.2, -0.15) is 0 Å². The molecule has 2 rings (SSSR count). The summed E-state index contributed by atoms with van der Waals surface area (Å²) in [5.74, 6) is -2.99. The van der Waals surface area contributed by atoms with Gasteiger partial charge in [0, 0.05) is 12.2 Å². The Bertz CT molecular complexity index is 412. The van der Waals surface area contributed by atoms with Gasteiger partial charge in [0.1, 0.15) is 12.1 Å². The number of carboxylic acid groups (broad SMARTS) is 2. The minimum atomic E-state index is -1.26. The van der Waals surface area contributed by atoms with Crippen molar-refractivity contribution in [1.82, 2.24) is 11.0 Å². The van der Waals surface area contributed by atoms with Gasteiger partial charge in [-0.25, -0.2) is 20.5 Å². The maximum absolute atomic E-state index is 10.2. The summed E-state index contributed by atoms with van der Waals surface area (Å²) in [7, 11) is 0. The van der Waals surface area contributed by atoms with E-state index >= 15 is 0 Å². The third kappa shape index (κ3) is 9.38. The van der Waals surface area contributed by atoms with Gasteiger partial charge in [-0.15, -0.1) is 0 Å². The summed E-state index contributed by atoms with van der Waals surface area (Å²) >= 11 is 0. The summed E-state index contributed by atoms with van der Waals surface area (Å²) in [4.78, 5) is 48.4. The fourth-order valence-electron chi connectivity index (χ4n) is 0.850. The number of carboxylic acids is 2. The highest BCUT2D eigenvalue weighted by molar-refractivity contribution is 5.89. The Morgan fingerprint density at radius 2 is 1.27 bits per heavy atom. The van der Waals surface area contributed by atoms with E-state index in [4.69, 9.17) is 21.7 Å². The summed E-state index contributed by atoms with van der Waals surface area (Å²) in [5, 5.41) is 15.6. The highest BCUT2D eigenvalue weighted by Crippen LogP contribution is 1.87. The highest BCUT2D eigenvalue weighted by atomic mass is 16.7. The molecule has 2 fully saturated rings. The molecule has 2 atom stereocenters. The minimum absolute atomic E-state index is 0.236. The van der Waals surface area contributed by atoms with Crippen LogP contribution in [0.4, 0.5) is 0 Å². The first kappa shape index (κ1) is 19.5. The second-order valence-corrected chi connectivity index (χ2v) is 3.78. The monoisotopic (exact) mass is 320 g/mol. The number of hydrogen-bond acceptors (Lipinski definition) is 8. The third-order valence-electron chi connectivity index (χ3n) is 1.91. The Labute approximate surface area is 123 Å². The number of hydroxylamine groups is 2. The van der Waals surface area contributed by atoms with Crippen molar-refractivity contribution in [2.45, 2.75) is 12.1 Å². The van der Waals surface area contributed by atoms with Crippen LogP contribution < -0.4 is 22.4 Å². The van der Waals surface area contributed by atoms with Gasteiger partial charge in [0.05, 0.1) is 13.2 Å². The van der Waals surface area contributed by atoms with Crippen molar-refractivity contribution in [3.63, 3.8) is 0 Å². The number of rotatable bonds is 2. The smallest absolute Gasteiger partial charge is 0.328 e. The van der Waals surface area contributed by atoms with Crippen LogP contribution in [-0.2, 0) is 28.9 Å². The van der Waals surface area contributed by atoms with Gasteiger partial charge in [0.15, 0.2) is 0 Å². The minimum Gasteiger partial charge on any atom is -0.478 e. The molecule has 2 aliphatic rings. The average Bonchev–Trinajstić information content (AvgIpc) is 2.99. The molecular formula is C10H16N4O8. The summed E-state index contributed by atoms with van der Waals surface area (Å²) in [6.07, 6.45) is 1.12. The predicted molar refractivity (Wildman–Crippen MR) is 68.6 cm³/mol. The van der Waals surface area contributed by atoms with Crippen LogP contribution >= 0.6 is 0 Å². The zero-order valence-corrected chi connectivity index (χ0v) is 11.2. The zero-order chi connectivity index (χ0) is 17.1. The van der Waals surface area contributed by atoms with Crippen molar-refractivity contribution >= 4 is 23.8 Å². The van der Waals surface area contributed by atoms with Crippen LogP contribution in [0.25, 0.3) is 0 Å². The lowest BCUT2D eigenvalue weighted by Crippen LogP contribution is -2.31. The van der Waals surface area contributed by atoms with E-state index in [0.717, 1.165) is 0 Å². The standard InChI is InChI=1S/C4H4O4.2C3H6N2O2/c5-3(6)1-2-4(7)8;2*4-2-1-7-5-3(2)6/h1-2H,(H,5,6)(H,7,8);2*2H,1,4H2,(H,5,6)/b2-1-;;/t;2*2-/m.00/s1. The lowest BCUT2D eigenvalue weighted by Gasteiger charge is -1.87. The van der Waals surface area contributed by atoms with E-state index in [1.54, 1.807) is 0 Å². The van der Waals surface area contributed by atoms with Crippen molar-refractivity contribution in [3.05, 3.63) is 12.2 Å². The quantitative estimate of drug-likeness (QED) is 0.276. The third-order valence-corrected chi connectivity index (χ3v) is 1.91. The number of nitrogens with one attached hydrogen (secondary N) is 2. The van der Waals surface area contributed by atoms with Gasteiger partial charge >= 0.3 is 11.9 Å². The second kappa shape index (κ2) is 10.2. The maximum Gasteiger partial charge on any atom is 0.328 e. The van der Waals surface area contributed by atoms with Gasteiger partial charge in [0.25, 0.3) is 11.8 Å². The molecule has 0 unspecified atom stereocenters. The van der Waals surface area contributed by atoms with Gasteiger partial charge in [-0.3, -0.25) is 19.3 Å². The first-order valence-corrected chi connectivity index (χ1v) is 5.72. The summed E-state index contributed by atoms with van der Waals surface area (Å²) in [6, 6.07) is -0.917. The molecule has 2 amide bonds. The molecule has 0 radical (unpaired) electrons. The van der Waals surface area contributed by atoms with Gasteiger partial charge < -0.3 is 21.7 Å². The SMILES string of the molecule is N[C@H]1CONC1=O.N[C@H]1CONC1=O.O=C(O)/C=C\C(=O)O. The normalized spacial score (nSPS) is 22.8. The lowest BCUT2D eigenvalue weighted by molar-refractivity contribution is -0.134. The van der Waals surface area contributed by atoms with E-state index in [1.165, 1.54) is 0 Å². The van der Waals surface area contributed by atoms with Crippen LogP contribution in [0.15, 0.2) is 12.2 Å². The molecule has 0 saturated carbocycles. The van der Waals surface area contributed by atoms with E-state index in [1.807, 2.05) is 0 Å². The van der Waals surface area contributed by atoms with Crippen LogP contribution in [-0.4, -0.2) is 59.3 Å². The average molecular weight is 320 g/mol. The van der Waals surface area contributed by atoms with Crippen molar-refractivity contribution in [3.8, 4) is 0 Å². The number of hydrogen-bond donors (Lipinski definition) is 6. The summed E-state index contributed by atoms with van der Waals surface area (Å²) in [6.45, 7) is 0.581. The van der Waals surface area contributed by atoms with Crippen molar-refractivity contribution < 1.29 is 39.1 Å². The van der Waals surface area contributed by atoms with Crippen LogP contribution in [0.1, 0.15) is 0 Å². The second-order valence-electron chi connectivity index (χ2n) is 3.78. The van der Waals surface area contributed by atoms with Gasteiger partial charge in [0.2, 0.25) is 0 Å². The molecule has 0 spiro atoms. The number of amides is 2.